The number of nitrogens with two attached hydrogens (primary N) is 2. The molecule has 0 fully saturated rings. The van der Waals surface area contributed by atoms with E-state index in [4.69, 9.17) is 15.9 Å². The minimum Gasteiger partial charge on any atom is -0.421 e. The molecule has 0 unspecified atom stereocenters. The number of amides is 3. The molecule has 30 heavy (non-hydrogen) atoms. The summed E-state index contributed by atoms with van der Waals surface area (Å²) in [6.07, 6.45) is 3.68. The Balaban J connectivity index is 1.84. The second kappa shape index (κ2) is 7.66. The van der Waals surface area contributed by atoms with E-state index in [1.165, 1.54) is 4.90 Å². The van der Waals surface area contributed by atoms with Crippen molar-refractivity contribution in [3.63, 3.8) is 0 Å². The number of aryl methyl sites for hydroxylation is 2. The van der Waals surface area contributed by atoms with Gasteiger partial charge in [-0.1, -0.05) is 19.4 Å². The van der Waals surface area contributed by atoms with Gasteiger partial charge in [-0.05, 0) is 29.7 Å². The zero-order chi connectivity index (χ0) is 21.4. The largest absolute Gasteiger partial charge is 0.421 e. The van der Waals surface area contributed by atoms with Crippen LogP contribution in [-0.2, 0) is 19.5 Å². The molecule has 4 N–H and O–H groups in total. The second-order valence-electron chi connectivity index (χ2n) is 7.43. The van der Waals surface area contributed by atoms with Crippen molar-refractivity contribution in [2.24, 2.45) is 11.5 Å². The van der Waals surface area contributed by atoms with Gasteiger partial charge in [0.15, 0.2) is 0 Å². The fourth-order valence-corrected chi connectivity index (χ4v) is 4.00. The predicted molar refractivity (Wildman–Crippen MR) is 110 cm³/mol. The maximum Gasteiger partial charge on any atom is 0.315 e. The number of rotatable bonds is 5. The van der Waals surface area contributed by atoms with Gasteiger partial charge in [-0.15, -0.1) is 10.2 Å². The van der Waals surface area contributed by atoms with E-state index >= 15 is 0 Å². The van der Waals surface area contributed by atoms with Gasteiger partial charge in [-0.25, -0.2) is 4.79 Å². The normalized spacial score (nSPS) is 13.3. The van der Waals surface area contributed by atoms with Gasteiger partial charge in [-0.3, -0.25) is 4.79 Å². The highest BCUT2D eigenvalue weighted by Crippen LogP contribution is 2.35. The molecule has 9 heteroatoms. The molecule has 0 atom stereocenters. The molecule has 4 rings (SSSR count). The maximum atomic E-state index is 12.4. The quantitative estimate of drug-likeness (QED) is 0.669. The number of fused-ring (bicyclic) bond motifs is 1. The number of nitrogens with zero attached hydrogens (tertiary/aromatic N) is 4. The van der Waals surface area contributed by atoms with E-state index in [1.54, 1.807) is 6.92 Å². The Hall–Kier alpha value is -3.62. The molecule has 3 heterocycles. The summed E-state index contributed by atoms with van der Waals surface area (Å²) < 4.78 is 7.55. The van der Waals surface area contributed by atoms with Crippen LogP contribution in [0, 0.1) is 6.92 Å². The molecular weight excluding hydrogens is 384 g/mol. The zero-order valence-electron chi connectivity index (χ0n) is 17.0. The van der Waals surface area contributed by atoms with Crippen molar-refractivity contribution in [2.75, 3.05) is 6.54 Å². The van der Waals surface area contributed by atoms with Crippen LogP contribution in [-0.4, -0.2) is 38.1 Å². The van der Waals surface area contributed by atoms with Crippen LogP contribution < -0.4 is 11.5 Å². The topological polar surface area (TPSA) is 133 Å². The third-order valence-electron chi connectivity index (χ3n) is 5.39. The molecular formula is C21H24N6O3. The third kappa shape index (κ3) is 3.42. The Bertz CT molecular complexity index is 1130. The third-order valence-corrected chi connectivity index (χ3v) is 5.39. The molecule has 0 spiro atoms. The Labute approximate surface area is 173 Å². The fraction of sp³-hybridized carbons (Fsp3) is 0.333. The minimum atomic E-state index is -0.524. The molecule has 0 bridgehead atoms. The summed E-state index contributed by atoms with van der Waals surface area (Å²) in [6, 6.07) is 5.37. The SMILES string of the molecule is CCCc1cc(-c2nnc(C)o2)ccc1-c1cn2c(c1C(N)=O)CN(C(N)=O)CC2. The molecule has 3 amide bonds. The van der Waals surface area contributed by atoms with Crippen LogP contribution in [0.4, 0.5) is 4.79 Å². The first-order chi connectivity index (χ1) is 14.4. The average molecular weight is 408 g/mol. The highest BCUT2D eigenvalue weighted by Gasteiger charge is 2.28. The van der Waals surface area contributed by atoms with E-state index in [0.717, 1.165) is 35.1 Å². The first-order valence-corrected chi connectivity index (χ1v) is 9.89. The molecule has 0 aliphatic carbocycles. The number of hydrogen-bond acceptors (Lipinski definition) is 5. The lowest BCUT2D eigenvalue weighted by molar-refractivity contribution is 0.0997. The number of primary amides is 2. The van der Waals surface area contributed by atoms with Gasteiger partial charge in [0.05, 0.1) is 17.8 Å². The van der Waals surface area contributed by atoms with Crippen molar-refractivity contribution >= 4 is 11.9 Å². The maximum absolute atomic E-state index is 12.4. The summed E-state index contributed by atoms with van der Waals surface area (Å²) in [4.78, 5) is 25.6. The molecule has 156 valence electrons. The van der Waals surface area contributed by atoms with E-state index in [-0.39, 0.29) is 6.54 Å². The summed E-state index contributed by atoms with van der Waals surface area (Å²) in [5.74, 6) is 0.435. The highest BCUT2D eigenvalue weighted by atomic mass is 16.4. The van der Waals surface area contributed by atoms with E-state index in [0.29, 0.717) is 36.1 Å². The van der Waals surface area contributed by atoms with Gasteiger partial charge < -0.3 is 25.4 Å². The zero-order valence-corrected chi connectivity index (χ0v) is 17.0. The average Bonchev–Trinajstić information content (AvgIpc) is 3.31. The van der Waals surface area contributed by atoms with Crippen LogP contribution in [0.5, 0.6) is 0 Å². The summed E-state index contributed by atoms with van der Waals surface area (Å²) in [5.41, 5.74) is 15.9. The number of urea groups is 1. The summed E-state index contributed by atoms with van der Waals surface area (Å²) in [7, 11) is 0. The van der Waals surface area contributed by atoms with Crippen molar-refractivity contribution in [2.45, 2.75) is 39.8 Å². The Morgan fingerprint density at radius 1 is 1.17 bits per heavy atom. The van der Waals surface area contributed by atoms with E-state index in [9.17, 15) is 9.59 Å². The summed E-state index contributed by atoms with van der Waals surface area (Å²) in [6.45, 7) is 5.15. The number of carbonyl (C=O) groups is 2. The van der Waals surface area contributed by atoms with Crippen molar-refractivity contribution in [1.82, 2.24) is 19.7 Å². The lowest BCUT2D eigenvalue weighted by Gasteiger charge is -2.27. The van der Waals surface area contributed by atoms with Crippen LogP contribution in [0.1, 0.15) is 40.9 Å². The van der Waals surface area contributed by atoms with Crippen LogP contribution in [0.3, 0.4) is 0 Å². The molecule has 1 aromatic carbocycles. The Morgan fingerprint density at radius 3 is 2.60 bits per heavy atom. The van der Waals surface area contributed by atoms with Crippen molar-refractivity contribution in [3.05, 3.63) is 47.1 Å². The molecule has 2 aromatic heterocycles. The molecule has 3 aromatic rings. The first-order valence-electron chi connectivity index (χ1n) is 9.89. The monoisotopic (exact) mass is 408 g/mol. The number of carbonyl (C=O) groups excluding carboxylic acids is 2. The van der Waals surface area contributed by atoms with E-state index in [2.05, 4.69) is 17.1 Å². The lowest BCUT2D eigenvalue weighted by atomic mass is 9.93. The van der Waals surface area contributed by atoms with Crippen molar-refractivity contribution in [1.29, 1.82) is 0 Å². The van der Waals surface area contributed by atoms with Crippen LogP contribution >= 0.6 is 0 Å². The molecule has 1 aliphatic rings. The summed E-state index contributed by atoms with van der Waals surface area (Å²) in [5, 5.41) is 8.00. The van der Waals surface area contributed by atoms with Crippen LogP contribution in [0.2, 0.25) is 0 Å². The number of hydrogen-bond donors (Lipinski definition) is 2. The van der Waals surface area contributed by atoms with E-state index < -0.39 is 11.9 Å². The minimum absolute atomic E-state index is 0.260. The smallest absolute Gasteiger partial charge is 0.315 e. The number of aromatic nitrogens is 3. The van der Waals surface area contributed by atoms with Gasteiger partial charge >= 0.3 is 6.03 Å². The van der Waals surface area contributed by atoms with Gasteiger partial charge in [0.2, 0.25) is 11.8 Å². The molecule has 0 saturated carbocycles. The van der Waals surface area contributed by atoms with E-state index in [1.807, 2.05) is 29.0 Å². The molecule has 9 nitrogen and oxygen atoms in total. The second-order valence-corrected chi connectivity index (χ2v) is 7.43. The van der Waals surface area contributed by atoms with Crippen molar-refractivity contribution in [3.8, 4) is 22.6 Å². The highest BCUT2D eigenvalue weighted by molar-refractivity contribution is 6.02. The number of benzene rings is 1. The Morgan fingerprint density at radius 2 is 1.97 bits per heavy atom. The lowest BCUT2D eigenvalue weighted by Crippen LogP contribution is -2.41. The summed E-state index contributed by atoms with van der Waals surface area (Å²) >= 11 is 0. The van der Waals surface area contributed by atoms with Crippen LogP contribution in [0.25, 0.3) is 22.6 Å². The molecule has 0 saturated heterocycles. The van der Waals surface area contributed by atoms with Gasteiger partial charge in [0.25, 0.3) is 5.91 Å². The fourth-order valence-electron chi connectivity index (χ4n) is 4.00. The van der Waals surface area contributed by atoms with Crippen molar-refractivity contribution < 1.29 is 14.0 Å². The first kappa shape index (κ1) is 19.7. The molecule has 0 radical (unpaired) electrons. The molecule has 1 aliphatic heterocycles. The van der Waals surface area contributed by atoms with Gasteiger partial charge in [0, 0.05) is 37.3 Å². The Kier molecular flexibility index (Phi) is 5.03. The van der Waals surface area contributed by atoms with Crippen LogP contribution in [0.15, 0.2) is 28.8 Å². The standard InChI is InChI=1S/C21H24N6O3/c1-3-4-13-9-14(20-25-24-12(2)30-20)5-6-15(13)16-10-26-7-8-27(21(23)29)11-17(26)18(16)19(22)28/h5-6,9-10H,3-4,7-8,11H2,1-2H3,(H2,22,28)(H2,23,29). The van der Waals surface area contributed by atoms with Gasteiger partial charge in [0.1, 0.15) is 0 Å². The van der Waals surface area contributed by atoms with Gasteiger partial charge in [-0.2, -0.15) is 0 Å². The predicted octanol–water partition coefficient (Wildman–Crippen LogP) is 2.46.